The van der Waals surface area contributed by atoms with Crippen LogP contribution < -0.4 is 10.6 Å². The third-order valence-electron chi connectivity index (χ3n) is 4.82. The lowest BCUT2D eigenvalue weighted by Crippen LogP contribution is -2.41. The highest BCUT2D eigenvalue weighted by atomic mass is 16.3. The van der Waals surface area contributed by atoms with E-state index >= 15 is 0 Å². The van der Waals surface area contributed by atoms with Crippen LogP contribution in [0.15, 0.2) is 4.99 Å². The van der Waals surface area contributed by atoms with E-state index < -0.39 is 0 Å². The van der Waals surface area contributed by atoms with Crippen LogP contribution in [0.25, 0.3) is 0 Å². The quantitative estimate of drug-likeness (QED) is 0.394. The molecule has 3 N–H and O–H groups in total. The molecule has 25 heavy (non-hydrogen) atoms. The van der Waals surface area contributed by atoms with Gasteiger partial charge >= 0.3 is 0 Å². The zero-order valence-electron chi connectivity index (χ0n) is 17.1. The first-order valence-electron chi connectivity index (χ1n) is 10.4. The van der Waals surface area contributed by atoms with Gasteiger partial charge in [-0.1, -0.05) is 27.2 Å². The van der Waals surface area contributed by atoms with Crippen molar-refractivity contribution in [1.29, 1.82) is 0 Å². The monoisotopic (exact) mass is 354 g/mol. The van der Waals surface area contributed by atoms with Crippen molar-refractivity contribution >= 4 is 5.96 Å². The van der Waals surface area contributed by atoms with Crippen molar-refractivity contribution in [2.45, 2.75) is 59.8 Å². The van der Waals surface area contributed by atoms with Crippen molar-refractivity contribution < 1.29 is 5.11 Å². The van der Waals surface area contributed by atoms with Gasteiger partial charge in [-0.2, -0.15) is 0 Å². The number of piperidine rings is 1. The van der Waals surface area contributed by atoms with Crippen molar-refractivity contribution in [3.8, 4) is 0 Å². The maximum atomic E-state index is 9.27. The number of nitrogens with one attached hydrogen (secondary N) is 2. The Hall–Kier alpha value is -0.810. The Balaban J connectivity index is 2.42. The summed E-state index contributed by atoms with van der Waals surface area (Å²) in [6.45, 7) is 15.4. The number of aliphatic imine (C=N–C) groups is 1. The molecule has 0 saturated carbocycles. The number of guanidine groups is 1. The van der Waals surface area contributed by atoms with Crippen LogP contribution in [-0.4, -0.2) is 61.8 Å². The van der Waals surface area contributed by atoms with Crippen molar-refractivity contribution in [2.75, 3.05) is 45.9 Å². The zero-order valence-corrected chi connectivity index (χ0v) is 17.1. The van der Waals surface area contributed by atoms with Crippen molar-refractivity contribution in [3.63, 3.8) is 0 Å². The Morgan fingerprint density at radius 1 is 1.12 bits per heavy atom. The fourth-order valence-electron chi connectivity index (χ4n) is 3.62. The maximum Gasteiger partial charge on any atom is 0.191 e. The van der Waals surface area contributed by atoms with Crippen LogP contribution in [-0.2, 0) is 0 Å². The molecule has 0 aromatic carbocycles. The molecule has 0 bridgehead atoms. The van der Waals surface area contributed by atoms with Gasteiger partial charge in [-0.25, -0.2) is 0 Å². The minimum atomic E-state index is 0.264. The molecule has 5 nitrogen and oxygen atoms in total. The standard InChI is InChI=1S/C20H42N4O/c1-5-21-20(23-15-19(9-12-25)13-17(2)3)22-14-18(4)16-24-10-7-6-8-11-24/h17-19,25H,5-16H2,1-4H3,(H2,21,22,23). The van der Waals surface area contributed by atoms with Crippen molar-refractivity contribution in [2.24, 2.45) is 22.7 Å². The van der Waals surface area contributed by atoms with E-state index in [1.165, 1.54) is 32.4 Å². The van der Waals surface area contributed by atoms with Gasteiger partial charge in [0.25, 0.3) is 0 Å². The Bertz CT molecular complexity index is 354. The molecule has 1 saturated heterocycles. The molecule has 2 atom stereocenters. The Labute approximate surface area is 155 Å². The predicted molar refractivity (Wildman–Crippen MR) is 108 cm³/mol. The summed E-state index contributed by atoms with van der Waals surface area (Å²) < 4.78 is 0. The molecular formula is C20H42N4O. The lowest BCUT2D eigenvalue weighted by Gasteiger charge is -2.28. The van der Waals surface area contributed by atoms with Crippen LogP contribution in [0.2, 0.25) is 0 Å². The molecule has 2 unspecified atom stereocenters. The van der Waals surface area contributed by atoms with Crippen LogP contribution >= 0.6 is 0 Å². The van der Waals surface area contributed by atoms with Crippen LogP contribution in [0, 0.1) is 17.8 Å². The summed E-state index contributed by atoms with van der Waals surface area (Å²) in [6, 6.07) is 0. The molecule has 1 aliphatic rings. The van der Waals surface area contributed by atoms with Crippen LogP contribution in [0.4, 0.5) is 0 Å². The highest BCUT2D eigenvalue weighted by molar-refractivity contribution is 5.79. The van der Waals surface area contributed by atoms with E-state index in [9.17, 15) is 5.11 Å². The smallest absolute Gasteiger partial charge is 0.191 e. The molecule has 5 heteroatoms. The van der Waals surface area contributed by atoms with E-state index in [0.717, 1.165) is 45.0 Å². The third kappa shape index (κ3) is 10.7. The van der Waals surface area contributed by atoms with Gasteiger partial charge in [-0.3, -0.25) is 4.99 Å². The van der Waals surface area contributed by atoms with Crippen LogP contribution in [0.3, 0.4) is 0 Å². The molecule has 0 radical (unpaired) electrons. The topological polar surface area (TPSA) is 59.9 Å². The third-order valence-corrected chi connectivity index (χ3v) is 4.82. The van der Waals surface area contributed by atoms with Gasteiger partial charge in [0.15, 0.2) is 5.96 Å². The molecule has 0 aromatic heterocycles. The minimum absolute atomic E-state index is 0.264. The van der Waals surface area contributed by atoms with Gasteiger partial charge in [0, 0.05) is 32.8 Å². The molecule has 1 rings (SSSR count). The summed E-state index contributed by atoms with van der Waals surface area (Å²) in [5.41, 5.74) is 0. The van der Waals surface area contributed by atoms with E-state index in [-0.39, 0.29) is 6.61 Å². The van der Waals surface area contributed by atoms with Gasteiger partial charge in [0.2, 0.25) is 0 Å². The largest absolute Gasteiger partial charge is 0.396 e. The number of aliphatic hydroxyl groups is 1. The molecule has 0 spiro atoms. The zero-order chi connectivity index (χ0) is 18.5. The summed E-state index contributed by atoms with van der Waals surface area (Å²) in [7, 11) is 0. The minimum Gasteiger partial charge on any atom is -0.396 e. The average Bonchev–Trinajstić information content (AvgIpc) is 2.58. The second-order valence-corrected chi connectivity index (χ2v) is 8.07. The second kappa shape index (κ2) is 13.4. The SMILES string of the molecule is CCNC(=NCC(C)CN1CCCCC1)NCC(CCO)CC(C)C. The maximum absolute atomic E-state index is 9.27. The highest BCUT2D eigenvalue weighted by Gasteiger charge is 2.14. The summed E-state index contributed by atoms with van der Waals surface area (Å²) in [5.74, 6) is 2.65. The van der Waals surface area contributed by atoms with E-state index in [0.29, 0.717) is 17.8 Å². The molecule has 148 valence electrons. The molecule has 0 aliphatic carbocycles. The normalized spacial score (nSPS) is 19.0. The fraction of sp³-hybridized carbons (Fsp3) is 0.950. The van der Waals surface area contributed by atoms with Crippen LogP contribution in [0.5, 0.6) is 0 Å². The molecule has 1 heterocycles. The summed E-state index contributed by atoms with van der Waals surface area (Å²) in [4.78, 5) is 7.38. The first kappa shape index (κ1) is 22.2. The van der Waals surface area contributed by atoms with E-state index in [2.05, 4.69) is 43.2 Å². The predicted octanol–water partition coefficient (Wildman–Crippen LogP) is 2.71. The lowest BCUT2D eigenvalue weighted by atomic mass is 9.94. The Morgan fingerprint density at radius 2 is 1.84 bits per heavy atom. The van der Waals surface area contributed by atoms with E-state index in [1.807, 2.05) is 0 Å². The second-order valence-electron chi connectivity index (χ2n) is 8.07. The summed E-state index contributed by atoms with van der Waals surface area (Å²) in [6.07, 6.45) is 6.09. The number of hydrogen-bond acceptors (Lipinski definition) is 3. The van der Waals surface area contributed by atoms with E-state index in [1.54, 1.807) is 0 Å². The number of hydrogen-bond donors (Lipinski definition) is 3. The number of rotatable bonds is 11. The number of aliphatic hydroxyl groups excluding tert-OH is 1. The number of nitrogens with zero attached hydrogens (tertiary/aromatic N) is 2. The van der Waals surface area contributed by atoms with Gasteiger partial charge in [0.05, 0.1) is 0 Å². The Kier molecular flexibility index (Phi) is 11.9. The van der Waals surface area contributed by atoms with Crippen molar-refractivity contribution in [1.82, 2.24) is 15.5 Å². The molecule has 1 fully saturated rings. The number of likely N-dealkylation sites (tertiary alicyclic amines) is 1. The van der Waals surface area contributed by atoms with Gasteiger partial charge in [-0.15, -0.1) is 0 Å². The average molecular weight is 355 g/mol. The molecule has 0 amide bonds. The summed E-state index contributed by atoms with van der Waals surface area (Å²) in [5, 5.41) is 16.1. The highest BCUT2D eigenvalue weighted by Crippen LogP contribution is 2.14. The van der Waals surface area contributed by atoms with Crippen molar-refractivity contribution in [3.05, 3.63) is 0 Å². The first-order chi connectivity index (χ1) is 12.0. The van der Waals surface area contributed by atoms with Gasteiger partial charge in [-0.05, 0) is 63.5 Å². The van der Waals surface area contributed by atoms with Crippen LogP contribution in [0.1, 0.15) is 59.8 Å². The first-order valence-corrected chi connectivity index (χ1v) is 10.4. The molecular weight excluding hydrogens is 312 g/mol. The Morgan fingerprint density at radius 3 is 2.44 bits per heavy atom. The molecule has 1 aliphatic heterocycles. The van der Waals surface area contributed by atoms with E-state index in [4.69, 9.17) is 4.99 Å². The van der Waals surface area contributed by atoms with Gasteiger partial charge in [0.1, 0.15) is 0 Å². The molecule has 0 aromatic rings. The fourth-order valence-corrected chi connectivity index (χ4v) is 3.62. The summed E-state index contributed by atoms with van der Waals surface area (Å²) >= 11 is 0. The lowest BCUT2D eigenvalue weighted by molar-refractivity contribution is 0.203. The van der Waals surface area contributed by atoms with Gasteiger partial charge < -0.3 is 20.6 Å².